The SMILES string of the molecule is O=C(O)C(F)(F)F.O=C1c2c(-c3ccncc3)ccnc2CN1CCc1cn2cc(F)ccc2n1. The van der Waals surface area contributed by atoms with Crippen LogP contribution >= 0.6 is 0 Å². The van der Waals surface area contributed by atoms with Gasteiger partial charge in [0, 0.05) is 43.9 Å². The zero-order chi connectivity index (χ0) is 25.2. The molecular formula is C23H17F4N5O3. The molecule has 0 saturated carbocycles. The number of pyridine rings is 3. The normalized spacial score (nSPS) is 12.9. The van der Waals surface area contributed by atoms with Crippen molar-refractivity contribution < 1.29 is 32.3 Å². The number of nitrogens with zero attached hydrogens (tertiary/aromatic N) is 5. The van der Waals surface area contributed by atoms with Gasteiger partial charge in [-0.15, -0.1) is 0 Å². The molecule has 4 aromatic rings. The Bertz CT molecular complexity index is 1390. The molecule has 1 amide bonds. The summed E-state index contributed by atoms with van der Waals surface area (Å²) >= 11 is 0. The number of carboxylic acid groups (broad SMARTS) is 1. The molecule has 35 heavy (non-hydrogen) atoms. The number of carbonyl (C=O) groups excluding carboxylic acids is 1. The molecule has 8 nitrogen and oxygen atoms in total. The third kappa shape index (κ3) is 5.26. The fourth-order valence-corrected chi connectivity index (χ4v) is 3.61. The minimum atomic E-state index is -5.08. The average Bonchev–Trinajstić information content (AvgIpc) is 3.38. The van der Waals surface area contributed by atoms with Gasteiger partial charge in [0.25, 0.3) is 5.91 Å². The molecule has 0 unspecified atom stereocenters. The molecule has 0 saturated heterocycles. The van der Waals surface area contributed by atoms with Crippen LogP contribution in [0.5, 0.6) is 0 Å². The van der Waals surface area contributed by atoms with Gasteiger partial charge in [-0.3, -0.25) is 14.8 Å². The molecule has 0 aliphatic carbocycles. The summed E-state index contributed by atoms with van der Waals surface area (Å²) in [5.41, 5.74) is 4.78. The molecule has 1 aliphatic heterocycles. The molecule has 4 aromatic heterocycles. The number of halogens is 4. The predicted octanol–water partition coefficient (Wildman–Crippen LogP) is 3.76. The number of aromatic nitrogens is 4. The maximum Gasteiger partial charge on any atom is 0.490 e. The fraction of sp³-hybridized carbons (Fsp3) is 0.174. The molecule has 0 spiro atoms. The van der Waals surface area contributed by atoms with E-state index in [1.165, 1.54) is 12.3 Å². The number of hydrogen-bond donors (Lipinski definition) is 1. The molecule has 5 heterocycles. The van der Waals surface area contributed by atoms with Gasteiger partial charge in [0.15, 0.2) is 0 Å². The van der Waals surface area contributed by atoms with Crippen LogP contribution in [0.15, 0.2) is 61.3 Å². The van der Waals surface area contributed by atoms with Crippen molar-refractivity contribution in [2.45, 2.75) is 19.1 Å². The number of fused-ring (bicyclic) bond motifs is 2. The first-order valence-corrected chi connectivity index (χ1v) is 10.2. The minimum absolute atomic E-state index is 0.0234. The summed E-state index contributed by atoms with van der Waals surface area (Å²) in [5.74, 6) is -3.09. The van der Waals surface area contributed by atoms with E-state index in [1.807, 2.05) is 18.2 Å². The second kappa shape index (κ2) is 9.49. The van der Waals surface area contributed by atoms with Crippen LogP contribution in [0.3, 0.4) is 0 Å². The molecule has 1 aliphatic rings. The van der Waals surface area contributed by atoms with Crippen molar-refractivity contribution >= 4 is 17.5 Å². The van der Waals surface area contributed by atoms with Crippen LogP contribution < -0.4 is 0 Å². The second-order valence-electron chi connectivity index (χ2n) is 7.54. The van der Waals surface area contributed by atoms with Crippen molar-refractivity contribution in [2.24, 2.45) is 0 Å². The fourth-order valence-electron chi connectivity index (χ4n) is 3.61. The molecule has 0 aromatic carbocycles. The van der Waals surface area contributed by atoms with Crippen molar-refractivity contribution in [3.8, 4) is 11.1 Å². The van der Waals surface area contributed by atoms with Crippen LogP contribution in [-0.2, 0) is 17.8 Å². The van der Waals surface area contributed by atoms with Crippen LogP contribution in [0.1, 0.15) is 21.7 Å². The molecule has 5 rings (SSSR count). The van der Waals surface area contributed by atoms with Crippen molar-refractivity contribution in [1.29, 1.82) is 0 Å². The first kappa shape index (κ1) is 23.8. The predicted molar refractivity (Wildman–Crippen MR) is 115 cm³/mol. The summed E-state index contributed by atoms with van der Waals surface area (Å²) in [6.07, 6.45) is 3.87. The Morgan fingerprint density at radius 3 is 2.46 bits per heavy atom. The largest absolute Gasteiger partial charge is 0.490 e. The number of hydrogen-bond acceptors (Lipinski definition) is 5. The van der Waals surface area contributed by atoms with E-state index in [-0.39, 0.29) is 11.7 Å². The van der Waals surface area contributed by atoms with Gasteiger partial charge < -0.3 is 14.4 Å². The van der Waals surface area contributed by atoms with Crippen LogP contribution in [0.4, 0.5) is 17.6 Å². The highest BCUT2D eigenvalue weighted by atomic mass is 19.4. The van der Waals surface area contributed by atoms with Crippen LogP contribution in [-0.4, -0.2) is 54.0 Å². The van der Waals surface area contributed by atoms with E-state index >= 15 is 0 Å². The molecule has 180 valence electrons. The number of amides is 1. The molecule has 0 radical (unpaired) electrons. The Labute approximate surface area is 195 Å². The van der Waals surface area contributed by atoms with Gasteiger partial charge in [0.1, 0.15) is 11.5 Å². The lowest BCUT2D eigenvalue weighted by molar-refractivity contribution is -0.192. The lowest BCUT2D eigenvalue weighted by atomic mass is 10.0. The molecular weight excluding hydrogens is 470 g/mol. The van der Waals surface area contributed by atoms with E-state index in [1.54, 1.807) is 40.2 Å². The zero-order valence-electron chi connectivity index (χ0n) is 17.9. The highest BCUT2D eigenvalue weighted by Gasteiger charge is 2.38. The third-order valence-corrected chi connectivity index (χ3v) is 5.21. The average molecular weight is 487 g/mol. The van der Waals surface area contributed by atoms with Crippen LogP contribution in [0, 0.1) is 5.82 Å². The first-order valence-electron chi connectivity index (χ1n) is 10.2. The lowest BCUT2D eigenvalue weighted by Gasteiger charge is -2.14. The Morgan fingerprint density at radius 1 is 1.06 bits per heavy atom. The molecule has 0 atom stereocenters. The van der Waals surface area contributed by atoms with Gasteiger partial charge in [0.05, 0.1) is 23.5 Å². The van der Waals surface area contributed by atoms with Gasteiger partial charge >= 0.3 is 12.1 Å². The number of rotatable bonds is 4. The molecule has 1 N–H and O–H groups in total. The third-order valence-electron chi connectivity index (χ3n) is 5.21. The Balaban J connectivity index is 0.000000364. The van der Waals surface area contributed by atoms with E-state index in [0.717, 1.165) is 22.5 Å². The summed E-state index contributed by atoms with van der Waals surface area (Å²) in [6.45, 7) is 1.01. The van der Waals surface area contributed by atoms with Gasteiger partial charge in [-0.2, -0.15) is 13.2 Å². The number of imidazole rings is 1. The van der Waals surface area contributed by atoms with Gasteiger partial charge in [-0.1, -0.05) is 0 Å². The van der Waals surface area contributed by atoms with E-state index in [0.29, 0.717) is 30.7 Å². The van der Waals surface area contributed by atoms with E-state index in [2.05, 4.69) is 15.0 Å². The number of aliphatic carboxylic acids is 1. The maximum atomic E-state index is 13.3. The standard InChI is InChI=1S/C21H16FN5O.C2HF3O2/c22-15-1-2-19-25-16(12-27(19)11-15)6-10-26-13-18-20(21(26)28)17(5-9-24-18)14-3-7-23-8-4-14;3-2(4,5)1(6)7/h1-5,7-9,11-12H,6,10,13H2;(H,6,7). The number of alkyl halides is 3. The molecule has 0 bridgehead atoms. The summed E-state index contributed by atoms with van der Waals surface area (Å²) in [7, 11) is 0. The van der Waals surface area contributed by atoms with Crippen molar-refractivity contribution in [2.75, 3.05) is 6.54 Å². The topological polar surface area (TPSA) is 101 Å². The Hall–Kier alpha value is -4.35. The van der Waals surface area contributed by atoms with Crippen LogP contribution in [0.25, 0.3) is 16.8 Å². The lowest BCUT2D eigenvalue weighted by Crippen LogP contribution is -2.26. The van der Waals surface area contributed by atoms with Crippen LogP contribution in [0.2, 0.25) is 0 Å². The monoisotopic (exact) mass is 487 g/mol. The van der Waals surface area contributed by atoms with E-state index < -0.39 is 12.1 Å². The summed E-state index contributed by atoms with van der Waals surface area (Å²) in [6, 6.07) is 8.68. The van der Waals surface area contributed by atoms with Gasteiger partial charge in [-0.05, 0) is 41.5 Å². The summed E-state index contributed by atoms with van der Waals surface area (Å²) in [5, 5.41) is 7.12. The highest BCUT2D eigenvalue weighted by molar-refractivity contribution is 6.04. The van der Waals surface area contributed by atoms with Gasteiger partial charge in [-0.25, -0.2) is 14.2 Å². The van der Waals surface area contributed by atoms with Crippen molar-refractivity contribution in [3.63, 3.8) is 0 Å². The second-order valence-corrected chi connectivity index (χ2v) is 7.54. The smallest absolute Gasteiger partial charge is 0.475 e. The molecule has 12 heteroatoms. The number of carboxylic acids is 1. The Morgan fingerprint density at radius 2 is 1.77 bits per heavy atom. The quantitative estimate of drug-likeness (QED) is 0.440. The zero-order valence-corrected chi connectivity index (χ0v) is 17.9. The first-order chi connectivity index (χ1) is 16.6. The maximum absolute atomic E-state index is 13.3. The Kier molecular flexibility index (Phi) is 6.45. The van der Waals surface area contributed by atoms with E-state index in [9.17, 15) is 22.4 Å². The highest BCUT2D eigenvalue weighted by Crippen LogP contribution is 2.31. The van der Waals surface area contributed by atoms with E-state index in [4.69, 9.17) is 9.90 Å². The number of carbonyl (C=O) groups is 2. The van der Waals surface area contributed by atoms with Crippen molar-refractivity contribution in [3.05, 3.63) is 84.1 Å². The van der Waals surface area contributed by atoms with Gasteiger partial charge in [0.2, 0.25) is 0 Å². The van der Waals surface area contributed by atoms with Crippen molar-refractivity contribution in [1.82, 2.24) is 24.3 Å². The summed E-state index contributed by atoms with van der Waals surface area (Å²) < 4.78 is 46.7. The molecule has 0 fully saturated rings. The summed E-state index contributed by atoms with van der Waals surface area (Å²) in [4.78, 5) is 36.6. The minimum Gasteiger partial charge on any atom is -0.475 e.